The zero-order valence-corrected chi connectivity index (χ0v) is 13.8. The Morgan fingerprint density at radius 3 is 2.61 bits per heavy atom. The Kier molecular flexibility index (Phi) is 5.38. The van der Waals surface area contributed by atoms with Crippen molar-refractivity contribution in [1.82, 2.24) is 15.5 Å². The lowest BCUT2D eigenvalue weighted by Gasteiger charge is -2.23. The second-order valence-electron chi connectivity index (χ2n) is 5.88. The van der Waals surface area contributed by atoms with Crippen LogP contribution in [-0.2, 0) is 4.79 Å². The molecule has 124 valence electrons. The molecule has 1 unspecified atom stereocenters. The Hall–Kier alpha value is -1.92. The average molecular weight is 337 g/mol. The van der Waals surface area contributed by atoms with Crippen molar-refractivity contribution in [3.8, 4) is 11.5 Å². The summed E-state index contributed by atoms with van der Waals surface area (Å²) in [6, 6.07) is 9.19. The van der Waals surface area contributed by atoms with Crippen LogP contribution >= 0.6 is 12.4 Å². The molecule has 0 radical (unpaired) electrons. The van der Waals surface area contributed by atoms with Crippen molar-refractivity contribution in [3.63, 3.8) is 0 Å². The Bertz CT molecular complexity index is 653. The van der Waals surface area contributed by atoms with Gasteiger partial charge in [0.2, 0.25) is 5.91 Å². The molecular formula is C16H21ClN4O2. The van der Waals surface area contributed by atoms with Crippen molar-refractivity contribution in [2.45, 2.75) is 44.2 Å². The Balaban J connectivity index is 0.00000192. The molecule has 3 N–H and O–H groups in total. The van der Waals surface area contributed by atoms with Crippen LogP contribution in [0.1, 0.15) is 44.5 Å². The number of nitrogens with one attached hydrogen (secondary N) is 1. The van der Waals surface area contributed by atoms with Crippen LogP contribution in [0.25, 0.3) is 11.5 Å². The molecule has 23 heavy (non-hydrogen) atoms. The number of carbonyl (C=O) groups excluding carboxylic acids is 1. The number of rotatable bonds is 4. The smallest absolute Gasteiger partial charge is 0.257 e. The maximum absolute atomic E-state index is 12.3. The third-order valence-corrected chi connectivity index (χ3v) is 4.15. The molecule has 1 aromatic heterocycles. The predicted octanol–water partition coefficient (Wildman–Crippen LogP) is 2.61. The van der Waals surface area contributed by atoms with Gasteiger partial charge >= 0.3 is 0 Å². The normalized spacial score (nSPS) is 17.3. The molecule has 1 amide bonds. The maximum atomic E-state index is 12.3. The SMILES string of the molecule is CC(NC(=O)C1(N)CCCC1)c1noc(-c2ccccc2)n1.Cl. The van der Waals surface area contributed by atoms with Gasteiger partial charge in [0, 0.05) is 5.56 Å². The quantitative estimate of drug-likeness (QED) is 0.895. The molecule has 2 aromatic rings. The van der Waals surface area contributed by atoms with E-state index in [9.17, 15) is 4.79 Å². The van der Waals surface area contributed by atoms with Crippen LogP contribution in [0.5, 0.6) is 0 Å². The molecule has 1 heterocycles. The summed E-state index contributed by atoms with van der Waals surface area (Å²) in [7, 11) is 0. The number of benzene rings is 1. The molecule has 3 rings (SSSR count). The highest BCUT2D eigenvalue weighted by Gasteiger charge is 2.37. The molecule has 0 saturated heterocycles. The van der Waals surface area contributed by atoms with E-state index in [2.05, 4.69) is 15.5 Å². The van der Waals surface area contributed by atoms with Crippen LogP contribution in [0, 0.1) is 0 Å². The topological polar surface area (TPSA) is 94.0 Å². The summed E-state index contributed by atoms with van der Waals surface area (Å²) in [6.45, 7) is 1.83. The summed E-state index contributed by atoms with van der Waals surface area (Å²) in [5.41, 5.74) is 6.25. The molecule has 7 heteroatoms. The van der Waals surface area contributed by atoms with Gasteiger partial charge in [-0.15, -0.1) is 12.4 Å². The largest absolute Gasteiger partial charge is 0.345 e. The van der Waals surface area contributed by atoms with Gasteiger partial charge in [0.25, 0.3) is 5.89 Å². The minimum Gasteiger partial charge on any atom is -0.345 e. The maximum Gasteiger partial charge on any atom is 0.257 e. The molecule has 0 aliphatic heterocycles. The first kappa shape index (κ1) is 17.4. The molecule has 1 aromatic carbocycles. The Morgan fingerprint density at radius 1 is 1.30 bits per heavy atom. The Labute approximate surface area is 141 Å². The highest BCUT2D eigenvalue weighted by atomic mass is 35.5. The van der Waals surface area contributed by atoms with E-state index in [1.54, 1.807) is 0 Å². The number of hydrogen-bond acceptors (Lipinski definition) is 5. The van der Waals surface area contributed by atoms with Gasteiger partial charge in [0.05, 0.1) is 11.6 Å². The lowest BCUT2D eigenvalue weighted by molar-refractivity contribution is -0.126. The van der Waals surface area contributed by atoms with E-state index in [0.29, 0.717) is 11.7 Å². The van der Waals surface area contributed by atoms with E-state index in [4.69, 9.17) is 10.3 Å². The highest BCUT2D eigenvalue weighted by molar-refractivity contribution is 5.86. The fraction of sp³-hybridized carbons (Fsp3) is 0.438. The van der Waals surface area contributed by atoms with E-state index in [1.165, 1.54) is 0 Å². The molecule has 1 saturated carbocycles. The van der Waals surface area contributed by atoms with Gasteiger partial charge in [-0.2, -0.15) is 4.98 Å². The minimum atomic E-state index is -0.750. The first-order chi connectivity index (χ1) is 10.6. The number of carbonyl (C=O) groups is 1. The van der Waals surface area contributed by atoms with E-state index >= 15 is 0 Å². The number of halogens is 1. The summed E-state index contributed by atoms with van der Waals surface area (Å²) in [4.78, 5) is 16.7. The first-order valence-corrected chi connectivity index (χ1v) is 7.57. The highest BCUT2D eigenvalue weighted by Crippen LogP contribution is 2.28. The fourth-order valence-corrected chi connectivity index (χ4v) is 2.75. The van der Waals surface area contributed by atoms with Crippen molar-refractivity contribution in [3.05, 3.63) is 36.2 Å². The van der Waals surface area contributed by atoms with Crippen molar-refractivity contribution < 1.29 is 9.32 Å². The number of aromatic nitrogens is 2. The fourth-order valence-electron chi connectivity index (χ4n) is 2.75. The molecular weight excluding hydrogens is 316 g/mol. The van der Waals surface area contributed by atoms with Crippen molar-refractivity contribution >= 4 is 18.3 Å². The second-order valence-corrected chi connectivity index (χ2v) is 5.88. The van der Waals surface area contributed by atoms with Crippen LogP contribution in [0.3, 0.4) is 0 Å². The van der Waals surface area contributed by atoms with Gasteiger partial charge in [-0.3, -0.25) is 4.79 Å². The third kappa shape index (κ3) is 3.71. The van der Waals surface area contributed by atoms with Gasteiger partial charge in [0.15, 0.2) is 5.82 Å². The van der Waals surface area contributed by atoms with Gasteiger partial charge < -0.3 is 15.6 Å². The summed E-state index contributed by atoms with van der Waals surface area (Å²) in [5, 5.41) is 6.85. The third-order valence-electron chi connectivity index (χ3n) is 4.15. The van der Waals surface area contributed by atoms with E-state index in [1.807, 2.05) is 37.3 Å². The van der Waals surface area contributed by atoms with Gasteiger partial charge in [-0.25, -0.2) is 0 Å². The molecule has 1 aliphatic rings. The minimum absolute atomic E-state index is 0. The van der Waals surface area contributed by atoms with E-state index in [-0.39, 0.29) is 24.4 Å². The monoisotopic (exact) mass is 336 g/mol. The Morgan fingerprint density at radius 2 is 1.96 bits per heavy atom. The second kappa shape index (κ2) is 7.10. The molecule has 1 aliphatic carbocycles. The first-order valence-electron chi connectivity index (χ1n) is 7.57. The number of hydrogen-bond donors (Lipinski definition) is 2. The summed E-state index contributed by atoms with van der Waals surface area (Å²) in [6.07, 6.45) is 3.46. The van der Waals surface area contributed by atoms with E-state index in [0.717, 1.165) is 31.2 Å². The number of nitrogens with two attached hydrogens (primary N) is 1. The lowest BCUT2D eigenvalue weighted by Crippen LogP contribution is -2.52. The van der Waals surface area contributed by atoms with Gasteiger partial charge in [0.1, 0.15) is 0 Å². The van der Waals surface area contributed by atoms with E-state index < -0.39 is 5.54 Å². The van der Waals surface area contributed by atoms with Crippen LogP contribution in [0.15, 0.2) is 34.9 Å². The number of nitrogens with zero attached hydrogens (tertiary/aromatic N) is 2. The molecule has 1 fully saturated rings. The van der Waals surface area contributed by atoms with Crippen LogP contribution in [-0.4, -0.2) is 21.6 Å². The van der Waals surface area contributed by atoms with Gasteiger partial charge in [-0.1, -0.05) is 36.2 Å². The van der Waals surface area contributed by atoms with Crippen LogP contribution < -0.4 is 11.1 Å². The van der Waals surface area contributed by atoms with Gasteiger partial charge in [-0.05, 0) is 31.9 Å². The zero-order valence-electron chi connectivity index (χ0n) is 13.0. The van der Waals surface area contributed by atoms with Crippen molar-refractivity contribution in [2.75, 3.05) is 0 Å². The van der Waals surface area contributed by atoms with Crippen LogP contribution in [0.2, 0.25) is 0 Å². The molecule has 6 nitrogen and oxygen atoms in total. The molecule has 0 spiro atoms. The predicted molar refractivity (Wildman–Crippen MR) is 88.9 cm³/mol. The summed E-state index contributed by atoms with van der Waals surface area (Å²) < 4.78 is 5.26. The van der Waals surface area contributed by atoms with Crippen molar-refractivity contribution in [1.29, 1.82) is 0 Å². The summed E-state index contributed by atoms with van der Waals surface area (Å²) >= 11 is 0. The molecule has 0 bridgehead atoms. The zero-order chi connectivity index (χ0) is 15.6. The standard InChI is InChI=1S/C16H20N4O2.ClH/c1-11(18-15(21)16(17)9-5-6-10-16)13-19-14(22-20-13)12-7-3-2-4-8-12;/h2-4,7-8,11H,5-6,9-10,17H2,1H3,(H,18,21);1H. The number of amides is 1. The average Bonchev–Trinajstić information content (AvgIpc) is 3.18. The summed E-state index contributed by atoms with van der Waals surface area (Å²) in [5.74, 6) is 0.761. The van der Waals surface area contributed by atoms with Crippen molar-refractivity contribution in [2.24, 2.45) is 5.73 Å². The molecule has 1 atom stereocenters. The van der Waals surface area contributed by atoms with Crippen LogP contribution in [0.4, 0.5) is 0 Å². The lowest BCUT2D eigenvalue weighted by atomic mass is 9.98.